The zero-order valence-electron chi connectivity index (χ0n) is 13.3. The largest absolute Gasteiger partial charge is 0.356 e. The molecule has 1 aliphatic carbocycles. The van der Waals surface area contributed by atoms with Crippen molar-refractivity contribution in [3.63, 3.8) is 0 Å². The summed E-state index contributed by atoms with van der Waals surface area (Å²) in [5.74, 6) is 0.689. The Balaban J connectivity index is 2.11. The van der Waals surface area contributed by atoms with E-state index in [4.69, 9.17) is 5.73 Å². The molecule has 1 atom stereocenters. The van der Waals surface area contributed by atoms with Gasteiger partial charge in [0.25, 0.3) is 0 Å². The Hall–Kier alpha value is -1.10. The van der Waals surface area contributed by atoms with Gasteiger partial charge >= 0.3 is 0 Å². The molecule has 1 fully saturated rings. The second-order valence-electron chi connectivity index (χ2n) is 6.10. The summed E-state index contributed by atoms with van der Waals surface area (Å²) >= 11 is 0. The number of nitrogens with one attached hydrogen (secondary N) is 2. The van der Waals surface area contributed by atoms with E-state index in [0.717, 1.165) is 19.3 Å². The van der Waals surface area contributed by atoms with Gasteiger partial charge in [0.05, 0.1) is 0 Å². The molecule has 0 aromatic carbocycles. The molecule has 0 aromatic rings. The van der Waals surface area contributed by atoms with E-state index >= 15 is 0 Å². The first-order valence-electron chi connectivity index (χ1n) is 8.37. The van der Waals surface area contributed by atoms with Crippen molar-refractivity contribution in [2.24, 2.45) is 11.7 Å². The minimum Gasteiger partial charge on any atom is -0.356 e. The molecule has 5 heteroatoms. The Labute approximate surface area is 128 Å². The summed E-state index contributed by atoms with van der Waals surface area (Å²) in [6.07, 6.45) is 9.55. The molecule has 0 aliphatic heterocycles. The van der Waals surface area contributed by atoms with Gasteiger partial charge in [-0.25, -0.2) is 0 Å². The number of carbonyl (C=O) groups is 2. The number of rotatable bonds is 9. The number of hydrogen-bond acceptors (Lipinski definition) is 3. The van der Waals surface area contributed by atoms with E-state index in [1.54, 1.807) is 0 Å². The first-order valence-corrected chi connectivity index (χ1v) is 8.37. The van der Waals surface area contributed by atoms with Gasteiger partial charge in [-0.3, -0.25) is 9.59 Å². The van der Waals surface area contributed by atoms with Crippen LogP contribution >= 0.6 is 0 Å². The maximum absolute atomic E-state index is 12.0. The van der Waals surface area contributed by atoms with Crippen LogP contribution < -0.4 is 16.4 Å². The van der Waals surface area contributed by atoms with Gasteiger partial charge < -0.3 is 16.4 Å². The van der Waals surface area contributed by atoms with E-state index in [9.17, 15) is 9.59 Å². The topological polar surface area (TPSA) is 84.2 Å². The molecule has 1 saturated carbocycles. The second kappa shape index (κ2) is 10.6. The minimum atomic E-state index is 0.00557. The summed E-state index contributed by atoms with van der Waals surface area (Å²) in [6.45, 7) is 2.76. The second-order valence-corrected chi connectivity index (χ2v) is 6.10. The molecule has 122 valence electrons. The first-order chi connectivity index (χ1) is 10.1. The van der Waals surface area contributed by atoms with Crippen molar-refractivity contribution in [3.8, 4) is 0 Å². The number of carbonyl (C=O) groups excluding carboxylic acids is 2. The van der Waals surface area contributed by atoms with Crippen LogP contribution in [0.1, 0.15) is 64.7 Å². The number of nitrogens with two attached hydrogens (primary N) is 1. The van der Waals surface area contributed by atoms with Crippen LogP contribution in [-0.4, -0.2) is 30.9 Å². The number of amides is 2. The Morgan fingerprint density at radius 2 is 1.86 bits per heavy atom. The monoisotopic (exact) mass is 297 g/mol. The van der Waals surface area contributed by atoms with Crippen LogP contribution in [0.5, 0.6) is 0 Å². The molecular formula is C16H31N3O2. The Kier molecular flexibility index (Phi) is 9.06. The van der Waals surface area contributed by atoms with Gasteiger partial charge in [0, 0.05) is 32.5 Å². The molecule has 4 N–H and O–H groups in total. The maximum Gasteiger partial charge on any atom is 0.220 e. The lowest BCUT2D eigenvalue weighted by molar-refractivity contribution is -0.122. The lowest BCUT2D eigenvalue weighted by atomic mass is 9.84. The lowest BCUT2D eigenvalue weighted by Gasteiger charge is -2.30. The third kappa shape index (κ3) is 8.05. The standard InChI is InChI=1S/C16H31N3O2/c1-13(20)18-11-7-3-6-10-16(21)19-15(12-17)14-8-4-2-5-9-14/h14-15H,2-12,17H2,1H3,(H,18,20)(H,19,21). The van der Waals surface area contributed by atoms with E-state index in [-0.39, 0.29) is 17.9 Å². The first kappa shape index (κ1) is 18.0. The Morgan fingerprint density at radius 3 is 2.48 bits per heavy atom. The van der Waals surface area contributed by atoms with Crippen LogP contribution in [-0.2, 0) is 9.59 Å². The van der Waals surface area contributed by atoms with Crippen molar-refractivity contribution < 1.29 is 9.59 Å². The molecular weight excluding hydrogens is 266 g/mol. The van der Waals surface area contributed by atoms with E-state index in [1.807, 2.05) is 0 Å². The molecule has 0 heterocycles. The van der Waals surface area contributed by atoms with Crippen LogP contribution in [0.2, 0.25) is 0 Å². The van der Waals surface area contributed by atoms with Crippen molar-refractivity contribution in [1.82, 2.24) is 10.6 Å². The third-order valence-corrected chi connectivity index (χ3v) is 4.27. The van der Waals surface area contributed by atoms with Crippen molar-refractivity contribution in [3.05, 3.63) is 0 Å². The molecule has 5 nitrogen and oxygen atoms in total. The predicted octanol–water partition coefficient (Wildman–Crippen LogP) is 1.71. The van der Waals surface area contributed by atoms with Crippen molar-refractivity contribution in [2.75, 3.05) is 13.1 Å². The van der Waals surface area contributed by atoms with Crippen LogP contribution in [0.4, 0.5) is 0 Å². The van der Waals surface area contributed by atoms with Gasteiger partial charge in [-0.2, -0.15) is 0 Å². The van der Waals surface area contributed by atoms with Gasteiger partial charge in [0.15, 0.2) is 0 Å². The van der Waals surface area contributed by atoms with Gasteiger partial charge in [0.1, 0.15) is 0 Å². The SMILES string of the molecule is CC(=O)NCCCCCC(=O)NC(CN)C1CCCCC1. The van der Waals surface area contributed by atoms with E-state index in [1.165, 1.54) is 39.0 Å². The summed E-state index contributed by atoms with van der Waals surface area (Å²) in [6, 6.07) is 0.150. The quantitative estimate of drug-likeness (QED) is 0.566. The van der Waals surface area contributed by atoms with Gasteiger partial charge in [-0.05, 0) is 31.6 Å². The molecule has 1 rings (SSSR count). The van der Waals surface area contributed by atoms with Gasteiger partial charge in [0.2, 0.25) is 11.8 Å². The van der Waals surface area contributed by atoms with E-state index < -0.39 is 0 Å². The van der Waals surface area contributed by atoms with E-state index in [2.05, 4.69) is 10.6 Å². The van der Waals surface area contributed by atoms with Crippen LogP contribution in [0.15, 0.2) is 0 Å². The smallest absolute Gasteiger partial charge is 0.220 e. The molecule has 0 bridgehead atoms. The number of hydrogen-bond donors (Lipinski definition) is 3. The highest BCUT2D eigenvalue weighted by atomic mass is 16.2. The zero-order chi connectivity index (χ0) is 15.5. The molecule has 0 spiro atoms. The summed E-state index contributed by atoms with van der Waals surface area (Å²) in [5.41, 5.74) is 5.82. The zero-order valence-corrected chi connectivity index (χ0v) is 13.3. The predicted molar refractivity (Wildman–Crippen MR) is 84.7 cm³/mol. The molecule has 0 saturated heterocycles. The molecule has 2 amide bonds. The summed E-state index contributed by atoms with van der Waals surface area (Å²) in [4.78, 5) is 22.7. The van der Waals surface area contributed by atoms with Crippen molar-refractivity contribution in [2.45, 2.75) is 70.8 Å². The fourth-order valence-corrected chi connectivity index (χ4v) is 3.04. The normalized spacial score (nSPS) is 17.2. The summed E-state index contributed by atoms with van der Waals surface area (Å²) < 4.78 is 0. The highest BCUT2D eigenvalue weighted by Crippen LogP contribution is 2.26. The average molecular weight is 297 g/mol. The lowest BCUT2D eigenvalue weighted by Crippen LogP contribution is -2.45. The Bertz CT molecular complexity index is 315. The van der Waals surface area contributed by atoms with Gasteiger partial charge in [-0.15, -0.1) is 0 Å². The molecule has 21 heavy (non-hydrogen) atoms. The Morgan fingerprint density at radius 1 is 1.14 bits per heavy atom. The van der Waals surface area contributed by atoms with Crippen LogP contribution in [0.3, 0.4) is 0 Å². The van der Waals surface area contributed by atoms with Crippen molar-refractivity contribution in [1.29, 1.82) is 0 Å². The minimum absolute atomic E-state index is 0.00557. The van der Waals surface area contributed by atoms with E-state index in [0.29, 0.717) is 25.4 Å². The molecule has 1 unspecified atom stereocenters. The summed E-state index contributed by atoms with van der Waals surface area (Å²) in [5, 5.41) is 5.87. The third-order valence-electron chi connectivity index (χ3n) is 4.27. The van der Waals surface area contributed by atoms with Crippen LogP contribution in [0, 0.1) is 5.92 Å². The molecule has 0 aromatic heterocycles. The van der Waals surface area contributed by atoms with Crippen LogP contribution in [0.25, 0.3) is 0 Å². The highest BCUT2D eigenvalue weighted by Gasteiger charge is 2.23. The average Bonchev–Trinajstić information content (AvgIpc) is 2.49. The van der Waals surface area contributed by atoms with Crippen molar-refractivity contribution >= 4 is 11.8 Å². The molecule has 1 aliphatic rings. The number of unbranched alkanes of at least 4 members (excludes halogenated alkanes) is 2. The highest BCUT2D eigenvalue weighted by molar-refractivity contribution is 5.76. The van der Waals surface area contributed by atoms with Gasteiger partial charge in [-0.1, -0.05) is 25.7 Å². The fourth-order valence-electron chi connectivity index (χ4n) is 3.04. The maximum atomic E-state index is 12.0. The fraction of sp³-hybridized carbons (Fsp3) is 0.875. The molecule has 0 radical (unpaired) electrons. The summed E-state index contributed by atoms with van der Waals surface area (Å²) in [7, 11) is 0.